The maximum atomic E-state index is 12.3. The summed E-state index contributed by atoms with van der Waals surface area (Å²) in [6.07, 6.45) is 0.732. The van der Waals surface area contributed by atoms with E-state index in [9.17, 15) is 4.79 Å². The summed E-state index contributed by atoms with van der Waals surface area (Å²) < 4.78 is 7.30. The second kappa shape index (κ2) is 4.93. The maximum Gasteiger partial charge on any atom is 0.345 e. The fraction of sp³-hybridized carbons (Fsp3) is 0.133. The Hall–Kier alpha value is -2.18. The summed E-state index contributed by atoms with van der Waals surface area (Å²) >= 11 is 7.46. The van der Waals surface area contributed by atoms with Gasteiger partial charge >= 0.3 is 5.63 Å². The van der Waals surface area contributed by atoms with Crippen LogP contribution in [0, 0.1) is 0 Å². The highest BCUT2D eigenvalue weighted by atomic mass is 35.5. The molecule has 3 heterocycles. The Morgan fingerprint density at radius 2 is 2.18 bits per heavy atom. The van der Waals surface area contributed by atoms with Crippen LogP contribution in [0.5, 0.6) is 0 Å². The van der Waals surface area contributed by atoms with Crippen LogP contribution in [0.25, 0.3) is 27.2 Å². The predicted molar refractivity (Wildman–Crippen MR) is 86.7 cm³/mol. The van der Waals surface area contributed by atoms with E-state index < -0.39 is 0 Å². The fourth-order valence-corrected chi connectivity index (χ4v) is 3.49. The van der Waals surface area contributed by atoms with Crippen LogP contribution < -0.4 is 5.63 Å². The van der Waals surface area contributed by atoms with Crippen LogP contribution in [0.4, 0.5) is 0 Å². The molecule has 4 aromatic rings. The Kier molecular flexibility index (Phi) is 3.02. The quantitative estimate of drug-likeness (QED) is 0.524. The van der Waals surface area contributed by atoms with E-state index in [1.807, 2.05) is 16.7 Å². The Morgan fingerprint density at radius 3 is 3.00 bits per heavy atom. The molecule has 0 fully saturated rings. The molecule has 7 heteroatoms. The second-order valence-corrected chi connectivity index (χ2v) is 6.11. The van der Waals surface area contributed by atoms with Crippen molar-refractivity contribution in [3.8, 4) is 11.3 Å². The van der Waals surface area contributed by atoms with Crippen molar-refractivity contribution in [2.75, 3.05) is 0 Å². The molecular weight excluding hydrogens is 322 g/mol. The van der Waals surface area contributed by atoms with Crippen molar-refractivity contribution in [3.05, 3.63) is 50.9 Å². The lowest BCUT2D eigenvalue weighted by Gasteiger charge is -2.03. The van der Waals surface area contributed by atoms with Crippen LogP contribution in [0.3, 0.4) is 0 Å². The highest BCUT2D eigenvalue weighted by molar-refractivity contribution is 7.15. The average Bonchev–Trinajstić information content (AvgIpc) is 3.08. The SMILES string of the molecule is CCc1nnc2scc(-c3cc4cc(Cl)ccc4oc3=O)n12. The van der Waals surface area contributed by atoms with Crippen molar-refractivity contribution < 1.29 is 4.42 Å². The molecule has 1 aromatic carbocycles. The Labute approximate surface area is 133 Å². The molecule has 0 aliphatic carbocycles. The number of hydrogen-bond donors (Lipinski definition) is 0. The Bertz CT molecular complexity index is 1060. The zero-order valence-electron chi connectivity index (χ0n) is 11.5. The standard InChI is InChI=1S/C15H10ClN3O2S/c1-2-13-17-18-15-19(13)11(7-22-15)10-6-8-5-9(16)3-4-12(8)21-14(10)20/h3-7H,2H2,1H3. The van der Waals surface area contributed by atoms with Crippen LogP contribution in [0.1, 0.15) is 12.7 Å². The van der Waals surface area contributed by atoms with Crippen molar-refractivity contribution in [1.82, 2.24) is 14.6 Å². The molecule has 0 bridgehead atoms. The van der Waals surface area contributed by atoms with E-state index in [-0.39, 0.29) is 5.63 Å². The van der Waals surface area contributed by atoms with Gasteiger partial charge in [0.15, 0.2) is 0 Å². The number of aromatic nitrogens is 3. The third-order valence-electron chi connectivity index (χ3n) is 3.50. The van der Waals surface area contributed by atoms with Crippen molar-refractivity contribution in [2.24, 2.45) is 0 Å². The van der Waals surface area contributed by atoms with Crippen LogP contribution in [-0.2, 0) is 6.42 Å². The van der Waals surface area contributed by atoms with Gasteiger partial charge < -0.3 is 4.42 Å². The first-order chi connectivity index (χ1) is 10.7. The second-order valence-electron chi connectivity index (χ2n) is 4.84. The molecule has 0 spiro atoms. The monoisotopic (exact) mass is 331 g/mol. The van der Waals surface area contributed by atoms with Crippen molar-refractivity contribution in [3.63, 3.8) is 0 Å². The van der Waals surface area contributed by atoms with Gasteiger partial charge in [-0.1, -0.05) is 18.5 Å². The molecule has 3 aromatic heterocycles. The van der Waals surface area contributed by atoms with Crippen molar-refractivity contribution in [2.45, 2.75) is 13.3 Å². The van der Waals surface area contributed by atoms with E-state index in [0.29, 0.717) is 16.2 Å². The van der Waals surface area contributed by atoms with E-state index in [1.54, 1.807) is 24.3 Å². The molecule has 0 amide bonds. The number of rotatable bonds is 2. The van der Waals surface area contributed by atoms with E-state index in [0.717, 1.165) is 28.3 Å². The van der Waals surface area contributed by atoms with E-state index in [4.69, 9.17) is 16.0 Å². The minimum atomic E-state index is -0.384. The van der Waals surface area contributed by atoms with Gasteiger partial charge in [0.1, 0.15) is 11.4 Å². The van der Waals surface area contributed by atoms with Gasteiger partial charge in [-0.3, -0.25) is 4.40 Å². The van der Waals surface area contributed by atoms with Crippen LogP contribution in [0.2, 0.25) is 5.02 Å². The van der Waals surface area contributed by atoms with Crippen molar-refractivity contribution >= 4 is 38.9 Å². The lowest BCUT2D eigenvalue weighted by atomic mass is 10.1. The minimum Gasteiger partial charge on any atom is -0.422 e. The normalized spacial score (nSPS) is 11.5. The number of thiazole rings is 1. The topological polar surface area (TPSA) is 60.4 Å². The zero-order chi connectivity index (χ0) is 15.3. The van der Waals surface area contributed by atoms with Gasteiger partial charge in [0.25, 0.3) is 0 Å². The predicted octanol–water partition coefficient (Wildman–Crippen LogP) is 3.78. The molecular formula is C15H10ClN3O2S. The lowest BCUT2D eigenvalue weighted by molar-refractivity contribution is 0.563. The summed E-state index contributed by atoms with van der Waals surface area (Å²) in [7, 11) is 0. The Morgan fingerprint density at radius 1 is 1.32 bits per heavy atom. The molecule has 0 unspecified atom stereocenters. The van der Waals surface area contributed by atoms with Gasteiger partial charge in [-0.15, -0.1) is 21.5 Å². The number of nitrogens with zero attached hydrogens (tertiary/aromatic N) is 3. The number of benzene rings is 1. The molecule has 0 N–H and O–H groups in total. The maximum absolute atomic E-state index is 12.3. The van der Waals surface area contributed by atoms with Crippen molar-refractivity contribution in [1.29, 1.82) is 0 Å². The van der Waals surface area contributed by atoms with E-state index in [1.165, 1.54) is 11.3 Å². The number of halogens is 1. The average molecular weight is 332 g/mol. The summed E-state index contributed by atoms with van der Waals surface area (Å²) in [4.78, 5) is 13.1. The molecule has 0 saturated heterocycles. The van der Waals surface area contributed by atoms with Gasteiger partial charge in [-0.25, -0.2) is 4.79 Å². The highest BCUT2D eigenvalue weighted by Gasteiger charge is 2.16. The van der Waals surface area contributed by atoms with Gasteiger partial charge in [0.05, 0.1) is 11.3 Å². The first kappa shape index (κ1) is 13.5. The fourth-order valence-electron chi connectivity index (χ4n) is 2.47. The molecule has 0 atom stereocenters. The number of hydrogen-bond acceptors (Lipinski definition) is 5. The molecule has 5 nitrogen and oxygen atoms in total. The zero-order valence-corrected chi connectivity index (χ0v) is 13.1. The first-order valence-corrected chi connectivity index (χ1v) is 7.98. The molecule has 4 rings (SSSR count). The summed E-state index contributed by atoms with van der Waals surface area (Å²) in [5, 5.41) is 11.5. The van der Waals surface area contributed by atoms with Gasteiger partial charge in [0, 0.05) is 22.2 Å². The number of fused-ring (bicyclic) bond motifs is 2. The van der Waals surface area contributed by atoms with Crippen LogP contribution in [-0.4, -0.2) is 14.6 Å². The van der Waals surface area contributed by atoms with E-state index in [2.05, 4.69) is 10.2 Å². The Balaban J connectivity index is 2.05. The van der Waals surface area contributed by atoms with E-state index >= 15 is 0 Å². The summed E-state index contributed by atoms with van der Waals surface area (Å²) in [6, 6.07) is 6.97. The summed E-state index contributed by atoms with van der Waals surface area (Å²) in [5.41, 5.74) is 1.36. The first-order valence-electron chi connectivity index (χ1n) is 6.72. The lowest BCUT2D eigenvalue weighted by Crippen LogP contribution is -2.05. The van der Waals surface area contributed by atoms with Gasteiger partial charge in [-0.05, 0) is 24.3 Å². The largest absolute Gasteiger partial charge is 0.422 e. The summed E-state index contributed by atoms with van der Waals surface area (Å²) in [6.45, 7) is 2.00. The molecule has 22 heavy (non-hydrogen) atoms. The number of aryl methyl sites for hydroxylation is 1. The smallest absolute Gasteiger partial charge is 0.345 e. The molecule has 0 aliphatic rings. The minimum absolute atomic E-state index is 0.384. The third-order valence-corrected chi connectivity index (χ3v) is 4.55. The van der Waals surface area contributed by atoms with Gasteiger partial charge in [0.2, 0.25) is 4.96 Å². The van der Waals surface area contributed by atoms with Crippen LogP contribution in [0.15, 0.2) is 38.9 Å². The van der Waals surface area contributed by atoms with Crippen LogP contribution >= 0.6 is 22.9 Å². The third kappa shape index (κ3) is 1.95. The molecule has 0 aliphatic heterocycles. The molecule has 0 saturated carbocycles. The molecule has 0 radical (unpaired) electrons. The highest BCUT2D eigenvalue weighted by Crippen LogP contribution is 2.27. The summed E-state index contributed by atoms with van der Waals surface area (Å²) in [5.74, 6) is 0.817. The molecule has 110 valence electrons. The van der Waals surface area contributed by atoms with Gasteiger partial charge in [-0.2, -0.15) is 0 Å².